The average Bonchev–Trinajstić information content (AvgIpc) is 3.38. The number of hydrogen-bond acceptors (Lipinski definition) is 3. The maximum Gasteiger partial charge on any atom is 0.310 e. The van der Waals surface area contributed by atoms with E-state index >= 15 is 0 Å². The summed E-state index contributed by atoms with van der Waals surface area (Å²) in [5.74, 6) is -0.608. The Hall–Kier alpha value is -2.62. The summed E-state index contributed by atoms with van der Waals surface area (Å²) in [6.07, 6.45) is 2.21. The zero-order valence-corrected chi connectivity index (χ0v) is 12.8. The van der Waals surface area contributed by atoms with Crippen LogP contribution in [0.1, 0.15) is 18.4 Å². The Morgan fingerprint density at radius 3 is 2.26 bits per heavy atom. The molecule has 0 aromatic heterocycles. The number of carbonyl (C=O) groups is 2. The molecule has 1 aliphatic carbocycles. The van der Waals surface area contributed by atoms with Gasteiger partial charge in [0, 0.05) is 6.04 Å². The van der Waals surface area contributed by atoms with Crippen LogP contribution in [-0.2, 0) is 20.7 Å². The van der Waals surface area contributed by atoms with Gasteiger partial charge < -0.3 is 10.1 Å². The van der Waals surface area contributed by atoms with Crippen molar-refractivity contribution >= 4 is 11.9 Å². The molecule has 0 heterocycles. The molecule has 0 unspecified atom stereocenters. The second-order valence-corrected chi connectivity index (χ2v) is 5.74. The van der Waals surface area contributed by atoms with E-state index < -0.39 is 0 Å². The van der Waals surface area contributed by atoms with Crippen molar-refractivity contribution in [2.75, 3.05) is 6.61 Å². The first-order valence-corrected chi connectivity index (χ1v) is 7.80. The van der Waals surface area contributed by atoms with Gasteiger partial charge in [-0.15, -0.1) is 0 Å². The summed E-state index contributed by atoms with van der Waals surface area (Å²) in [4.78, 5) is 23.2. The van der Waals surface area contributed by atoms with Crippen molar-refractivity contribution in [2.24, 2.45) is 0 Å². The minimum absolute atomic E-state index is 0.172. The molecule has 4 heteroatoms. The molecule has 1 amide bonds. The van der Waals surface area contributed by atoms with Crippen LogP contribution in [0.25, 0.3) is 11.1 Å². The van der Waals surface area contributed by atoms with Crippen LogP contribution in [0.15, 0.2) is 54.6 Å². The summed E-state index contributed by atoms with van der Waals surface area (Å²) in [5, 5.41) is 2.78. The maximum atomic E-state index is 11.8. The molecule has 0 saturated heterocycles. The molecule has 1 saturated carbocycles. The van der Waals surface area contributed by atoms with E-state index in [1.165, 1.54) is 0 Å². The average molecular weight is 309 g/mol. The van der Waals surface area contributed by atoms with Crippen LogP contribution >= 0.6 is 0 Å². The lowest BCUT2D eigenvalue weighted by Gasteiger charge is -2.06. The minimum Gasteiger partial charge on any atom is -0.455 e. The number of nitrogens with one attached hydrogen (secondary N) is 1. The van der Waals surface area contributed by atoms with Crippen molar-refractivity contribution in [3.63, 3.8) is 0 Å². The molecule has 1 aliphatic rings. The summed E-state index contributed by atoms with van der Waals surface area (Å²) in [7, 11) is 0. The van der Waals surface area contributed by atoms with Gasteiger partial charge in [-0.3, -0.25) is 9.59 Å². The first kappa shape index (κ1) is 15.3. The lowest BCUT2D eigenvalue weighted by molar-refractivity contribution is -0.147. The predicted octanol–water partition coefficient (Wildman–Crippen LogP) is 2.72. The Kier molecular flexibility index (Phi) is 4.71. The van der Waals surface area contributed by atoms with E-state index in [1.54, 1.807) is 0 Å². The molecule has 1 fully saturated rings. The highest BCUT2D eigenvalue weighted by Crippen LogP contribution is 2.20. The molecule has 3 rings (SSSR count). The quantitative estimate of drug-likeness (QED) is 0.835. The molecule has 2 aromatic carbocycles. The first-order chi connectivity index (χ1) is 11.2. The number of rotatable bonds is 6. The van der Waals surface area contributed by atoms with Gasteiger partial charge in [-0.25, -0.2) is 0 Å². The summed E-state index contributed by atoms with van der Waals surface area (Å²) in [5.41, 5.74) is 3.11. The molecule has 0 spiro atoms. The molecule has 0 atom stereocenters. The van der Waals surface area contributed by atoms with Crippen LogP contribution in [0.5, 0.6) is 0 Å². The molecule has 0 aliphatic heterocycles. The van der Waals surface area contributed by atoms with E-state index in [-0.39, 0.29) is 30.9 Å². The monoisotopic (exact) mass is 309 g/mol. The third kappa shape index (κ3) is 4.68. The van der Waals surface area contributed by atoms with E-state index in [0.29, 0.717) is 0 Å². The minimum atomic E-state index is -0.386. The highest BCUT2D eigenvalue weighted by Gasteiger charge is 2.23. The lowest BCUT2D eigenvalue weighted by Crippen LogP contribution is -2.30. The topological polar surface area (TPSA) is 55.4 Å². The molecule has 1 N–H and O–H groups in total. The summed E-state index contributed by atoms with van der Waals surface area (Å²) >= 11 is 0. The van der Waals surface area contributed by atoms with Crippen molar-refractivity contribution < 1.29 is 14.3 Å². The van der Waals surface area contributed by atoms with Gasteiger partial charge in [-0.1, -0.05) is 54.6 Å². The molecular formula is C19H19NO3. The Bertz CT molecular complexity index is 676. The van der Waals surface area contributed by atoms with Crippen LogP contribution < -0.4 is 5.32 Å². The molecule has 2 aromatic rings. The highest BCUT2D eigenvalue weighted by atomic mass is 16.5. The number of benzene rings is 2. The van der Waals surface area contributed by atoms with E-state index in [1.807, 2.05) is 54.6 Å². The van der Waals surface area contributed by atoms with Gasteiger partial charge in [0.1, 0.15) is 0 Å². The summed E-state index contributed by atoms with van der Waals surface area (Å²) in [6.45, 7) is -0.197. The fraction of sp³-hybridized carbons (Fsp3) is 0.263. The second-order valence-electron chi connectivity index (χ2n) is 5.74. The smallest absolute Gasteiger partial charge is 0.310 e. The molecule has 23 heavy (non-hydrogen) atoms. The largest absolute Gasteiger partial charge is 0.455 e. The van der Waals surface area contributed by atoms with Crippen LogP contribution in [0.2, 0.25) is 0 Å². The van der Waals surface area contributed by atoms with Crippen LogP contribution in [0.3, 0.4) is 0 Å². The van der Waals surface area contributed by atoms with Gasteiger partial charge in [-0.05, 0) is 29.5 Å². The van der Waals surface area contributed by atoms with Gasteiger partial charge >= 0.3 is 5.97 Å². The Morgan fingerprint density at radius 2 is 1.61 bits per heavy atom. The Balaban J connectivity index is 1.49. The van der Waals surface area contributed by atoms with Crippen LogP contribution in [0.4, 0.5) is 0 Å². The van der Waals surface area contributed by atoms with E-state index in [2.05, 4.69) is 5.32 Å². The van der Waals surface area contributed by atoms with Crippen molar-refractivity contribution in [1.82, 2.24) is 5.32 Å². The van der Waals surface area contributed by atoms with Crippen molar-refractivity contribution in [3.05, 3.63) is 60.2 Å². The standard InChI is InChI=1S/C19H19NO3/c21-18(20-17-10-11-17)13-23-19(22)12-14-6-8-16(9-7-14)15-4-2-1-3-5-15/h1-9,17H,10-13H2,(H,20,21). The zero-order valence-electron chi connectivity index (χ0n) is 12.8. The van der Waals surface area contributed by atoms with Crippen molar-refractivity contribution in [1.29, 1.82) is 0 Å². The lowest BCUT2D eigenvalue weighted by atomic mass is 10.0. The molecular weight excluding hydrogens is 290 g/mol. The number of esters is 1. The number of ether oxygens (including phenoxy) is 1. The molecule has 4 nitrogen and oxygen atoms in total. The fourth-order valence-electron chi connectivity index (χ4n) is 2.31. The van der Waals surface area contributed by atoms with E-state index in [9.17, 15) is 9.59 Å². The normalized spacial score (nSPS) is 13.4. The summed E-state index contributed by atoms with van der Waals surface area (Å²) in [6, 6.07) is 18.1. The van der Waals surface area contributed by atoms with Gasteiger partial charge in [0.25, 0.3) is 5.91 Å². The van der Waals surface area contributed by atoms with Gasteiger partial charge in [0.2, 0.25) is 0 Å². The van der Waals surface area contributed by atoms with Crippen molar-refractivity contribution in [3.8, 4) is 11.1 Å². The van der Waals surface area contributed by atoms with E-state index in [0.717, 1.165) is 29.5 Å². The zero-order chi connectivity index (χ0) is 16.1. The molecule has 0 radical (unpaired) electrons. The Labute approximate surface area is 135 Å². The van der Waals surface area contributed by atoms with Gasteiger partial charge in [-0.2, -0.15) is 0 Å². The second kappa shape index (κ2) is 7.09. The number of carbonyl (C=O) groups excluding carboxylic acids is 2. The molecule has 0 bridgehead atoms. The highest BCUT2D eigenvalue weighted by molar-refractivity contribution is 5.81. The third-order valence-electron chi connectivity index (χ3n) is 3.72. The predicted molar refractivity (Wildman–Crippen MR) is 87.7 cm³/mol. The van der Waals surface area contributed by atoms with Gasteiger partial charge in [0.05, 0.1) is 6.42 Å². The molecule has 118 valence electrons. The number of hydrogen-bond donors (Lipinski definition) is 1. The third-order valence-corrected chi connectivity index (χ3v) is 3.72. The number of amides is 1. The maximum absolute atomic E-state index is 11.8. The van der Waals surface area contributed by atoms with Crippen LogP contribution in [0, 0.1) is 0 Å². The van der Waals surface area contributed by atoms with E-state index in [4.69, 9.17) is 4.74 Å². The first-order valence-electron chi connectivity index (χ1n) is 7.80. The van der Waals surface area contributed by atoms with Gasteiger partial charge in [0.15, 0.2) is 6.61 Å². The van der Waals surface area contributed by atoms with Crippen molar-refractivity contribution in [2.45, 2.75) is 25.3 Å². The summed E-state index contributed by atoms with van der Waals surface area (Å²) < 4.78 is 5.00. The Morgan fingerprint density at radius 1 is 0.957 bits per heavy atom. The SMILES string of the molecule is O=C(COC(=O)Cc1ccc(-c2ccccc2)cc1)NC1CC1. The fourth-order valence-corrected chi connectivity index (χ4v) is 2.31. The van der Waals surface area contributed by atoms with Crippen LogP contribution in [-0.4, -0.2) is 24.5 Å².